The third kappa shape index (κ3) is 16.3. The van der Waals surface area contributed by atoms with E-state index in [-0.39, 0.29) is 11.2 Å². The number of ether oxygens (including phenoxy) is 1. The standard InChI is InChI=1S/C28H58O/c1-7-11-15-17-21-25-27(5,23-19-13-9-3)29-28(6,24-20-14-10-4)26-22-18-16-12-8-2/h7-26H2,1-6H3. The highest BCUT2D eigenvalue weighted by Gasteiger charge is 2.34. The third-order valence-electron chi connectivity index (χ3n) is 6.73. The zero-order valence-electron chi connectivity index (χ0n) is 21.6. The summed E-state index contributed by atoms with van der Waals surface area (Å²) < 4.78 is 7.13. The summed E-state index contributed by atoms with van der Waals surface area (Å²) >= 11 is 0. The maximum absolute atomic E-state index is 7.13. The molecule has 0 fully saturated rings. The average molecular weight is 411 g/mol. The van der Waals surface area contributed by atoms with Gasteiger partial charge in [0.25, 0.3) is 0 Å². The SMILES string of the molecule is CCCCCCCC(C)(CCCCC)OC(C)(CCCCC)CCCCCCC. The van der Waals surface area contributed by atoms with Crippen LogP contribution in [0, 0.1) is 0 Å². The molecule has 1 heteroatoms. The van der Waals surface area contributed by atoms with E-state index in [1.807, 2.05) is 0 Å². The molecule has 0 radical (unpaired) electrons. The first-order chi connectivity index (χ1) is 13.9. The molecule has 0 rings (SSSR count). The van der Waals surface area contributed by atoms with Gasteiger partial charge in [0.2, 0.25) is 0 Å². The summed E-state index contributed by atoms with van der Waals surface area (Å²) in [5, 5.41) is 0. The van der Waals surface area contributed by atoms with Crippen molar-refractivity contribution in [3.8, 4) is 0 Å². The first kappa shape index (κ1) is 29.0. The van der Waals surface area contributed by atoms with Crippen molar-refractivity contribution in [3.05, 3.63) is 0 Å². The third-order valence-corrected chi connectivity index (χ3v) is 6.73. The Morgan fingerprint density at radius 3 is 0.931 bits per heavy atom. The first-order valence-electron chi connectivity index (χ1n) is 13.7. The van der Waals surface area contributed by atoms with Crippen molar-refractivity contribution < 1.29 is 4.74 Å². The van der Waals surface area contributed by atoms with Crippen LogP contribution in [0.5, 0.6) is 0 Å². The Balaban J connectivity index is 4.89. The van der Waals surface area contributed by atoms with Gasteiger partial charge in [0, 0.05) is 0 Å². The predicted octanol–water partition coefficient (Wildman–Crippen LogP) is 10.4. The number of unbranched alkanes of at least 4 members (excludes halogenated alkanes) is 12. The Kier molecular flexibility index (Phi) is 18.7. The summed E-state index contributed by atoms with van der Waals surface area (Å²) in [5.74, 6) is 0. The molecule has 0 heterocycles. The summed E-state index contributed by atoms with van der Waals surface area (Å²) in [6, 6.07) is 0. The van der Waals surface area contributed by atoms with Gasteiger partial charge in [0.05, 0.1) is 11.2 Å². The fraction of sp³-hybridized carbons (Fsp3) is 1.00. The largest absolute Gasteiger partial charge is 0.369 e. The second-order valence-corrected chi connectivity index (χ2v) is 10.2. The molecule has 0 spiro atoms. The van der Waals surface area contributed by atoms with Gasteiger partial charge in [-0.2, -0.15) is 0 Å². The molecule has 0 N–H and O–H groups in total. The van der Waals surface area contributed by atoms with E-state index in [0.717, 1.165) is 0 Å². The molecule has 0 amide bonds. The first-order valence-corrected chi connectivity index (χ1v) is 13.7. The van der Waals surface area contributed by atoms with Crippen molar-refractivity contribution in [1.82, 2.24) is 0 Å². The van der Waals surface area contributed by atoms with Gasteiger partial charge in [0.15, 0.2) is 0 Å². The Labute approximate surface area is 186 Å². The van der Waals surface area contributed by atoms with Crippen LogP contribution in [-0.4, -0.2) is 11.2 Å². The summed E-state index contributed by atoms with van der Waals surface area (Å²) in [6.07, 6.45) is 26.6. The minimum absolute atomic E-state index is 0.0752. The maximum atomic E-state index is 7.13. The topological polar surface area (TPSA) is 9.23 Å². The molecule has 2 atom stereocenters. The monoisotopic (exact) mass is 410 g/mol. The normalized spacial score (nSPS) is 15.9. The van der Waals surface area contributed by atoms with Gasteiger partial charge in [-0.15, -0.1) is 0 Å². The molecule has 0 aromatic heterocycles. The van der Waals surface area contributed by atoms with E-state index in [4.69, 9.17) is 4.74 Å². The molecule has 0 aromatic rings. The van der Waals surface area contributed by atoms with Crippen LogP contribution in [0.2, 0.25) is 0 Å². The summed E-state index contributed by atoms with van der Waals surface area (Å²) in [6.45, 7) is 14.1. The molecule has 0 aliphatic rings. The van der Waals surface area contributed by atoms with Crippen molar-refractivity contribution in [1.29, 1.82) is 0 Å². The second-order valence-electron chi connectivity index (χ2n) is 10.2. The highest BCUT2D eigenvalue weighted by Crippen LogP contribution is 2.36. The average Bonchev–Trinajstić information content (AvgIpc) is 2.68. The zero-order valence-corrected chi connectivity index (χ0v) is 21.6. The van der Waals surface area contributed by atoms with Crippen molar-refractivity contribution in [2.45, 2.75) is 181 Å². The van der Waals surface area contributed by atoms with Crippen LogP contribution in [0.4, 0.5) is 0 Å². The van der Waals surface area contributed by atoms with Gasteiger partial charge in [0.1, 0.15) is 0 Å². The predicted molar refractivity (Wildman–Crippen MR) is 133 cm³/mol. The van der Waals surface area contributed by atoms with Gasteiger partial charge in [-0.3, -0.25) is 0 Å². The van der Waals surface area contributed by atoms with Crippen molar-refractivity contribution in [2.75, 3.05) is 0 Å². The van der Waals surface area contributed by atoms with Crippen LogP contribution >= 0.6 is 0 Å². The van der Waals surface area contributed by atoms with Crippen molar-refractivity contribution >= 4 is 0 Å². The van der Waals surface area contributed by atoms with Gasteiger partial charge in [-0.1, -0.05) is 130 Å². The van der Waals surface area contributed by atoms with E-state index in [2.05, 4.69) is 41.5 Å². The van der Waals surface area contributed by atoms with Crippen molar-refractivity contribution in [2.24, 2.45) is 0 Å². The van der Waals surface area contributed by atoms with Crippen LogP contribution in [0.15, 0.2) is 0 Å². The smallest absolute Gasteiger partial charge is 0.0662 e. The van der Waals surface area contributed by atoms with Crippen LogP contribution in [0.3, 0.4) is 0 Å². The second kappa shape index (κ2) is 18.7. The van der Waals surface area contributed by atoms with Crippen molar-refractivity contribution in [3.63, 3.8) is 0 Å². The Bertz CT molecular complexity index is 307. The molecule has 0 aliphatic carbocycles. The lowest BCUT2D eigenvalue weighted by Gasteiger charge is -2.41. The lowest BCUT2D eigenvalue weighted by atomic mass is 9.86. The maximum Gasteiger partial charge on any atom is 0.0662 e. The summed E-state index contributed by atoms with van der Waals surface area (Å²) in [5.41, 5.74) is 0.150. The van der Waals surface area contributed by atoms with Crippen LogP contribution in [0.1, 0.15) is 170 Å². The van der Waals surface area contributed by atoms with E-state index in [1.165, 1.54) is 128 Å². The van der Waals surface area contributed by atoms with E-state index in [0.29, 0.717) is 0 Å². The lowest BCUT2D eigenvalue weighted by Crippen LogP contribution is -2.41. The molecule has 29 heavy (non-hydrogen) atoms. The molecule has 0 aromatic carbocycles. The quantitative estimate of drug-likeness (QED) is 0.161. The fourth-order valence-corrected chi connectivity index (χ4v) is 4.75. The van der Waals surface area contributed by atoms with E-state index < -0.39 is 0 Å². The summed E-state index contributed by atoms with van der Waals surface area (Å²) in [7, 11) is 0. The minimum atomic E-state index is 0.0752. The molecule has 176 valence electrons. The van der Waals surface area contributed by atoms with Crippen LogP contribution in [0.25, 0.3) is 0 Å². The number of hydrogen-bond acceptors (Lipinski definition) is 1. The highest BCUT2D eigenvalue weighted by atomic mass is 16.5. The number of hydrogen-bond donors (Lipinski definition) is 0. The fourth-order valence-electron chi connectivity index (χ4n) is 4.75. The zero-order chi connectivity index (χ0) is 21.8. The van der Waals surface area contributed by atoms with E-state index >= 15 is 0 Å². The Morgan fingerprint density at radius 1 is 0.379 bits per heavy atom. The molecule has 1 nitrogen and oxygen atoms in total. The minimum Gasteiger partial charge on any atom is -0.369 e. The molecule has 0 aliphatic heterocycles. The van der Waals surface area contributed by atoms with E-state index in [9.17, 15) is 0 Å². The molecular formula is C28H58O. The molecular weight excluding hydrogens is 352 g/mol. The Morgan fingerprint density at radius 2 is 0.621 bits per heavy atom. The lowest BCUT2D eigenvalue weighted by molar-refractivity contribution is -0.157. The Hall–Kier alpha value is -0.0400. The molecule has 0 bridgehead atoms. The van der Waals surface area contributed by atoms with Gasteiger partial charge in [-0.05, 0) is 39.5 Å². The number of rotatable bonds is 22. The van der Waals surface area contributed by atoms with Gasteiger partial charge in [-0.25, -0.2) is 0 Å². The van der Waals surface area contributed by atoms with Gasteiger partial charge < -0.3 is 4.74 Å². The highest BCUT2D eigenvalue weighted by molar-refractivity contribution is 4.84. The van der Waals surface area contributed by atoms with Crippen LogP contribution < -0.4 is 0 Å². The molecule has 0 saturated heterocycles. The van der Waals surface area contributed by atoms with E-state index in [1.54, 1.807) is 0 Å². The van der Waals surface area contributed by atoms with Crippen LogP contribution in [-0.2, 0) is 4.74 Å². The molecule has 2 unspecified atom stereocenters. The molecule has 0 saturated carbocycles. The van der Waals surface area contributed by atoms with Gasteiger partial charge >= 0.3 is 0 Å². The summed E-state index contributed by atoms with van der Waals surface area (Å²) in [4.78, 5) is 0.